The van der Waals surface area contributed by atoms with Crippen LogP contribution in [0.2, 0.25) is 0 Å². The lowest BCUT2D eigenvalue weighted by Crippen LogP contribution is -2.45. The molecule has 0 bridgehead atoms. The Kier molecular flexibility index (Phi) is 5.29. The van der Waals surface area contributed by atoms with E-state index in [0.717, 1.165) is 31.7 Å². The van der Waals surface area contributed by atoms with Crippen molar-refractivity contribution >= 4 is 6.03 Å². The molecule has 2 aliphatic rings. The number of amides is 2. The number of nitrogens with zero attached hydrogens (tertiary/aromatic N) is 1. The Hall–Kier alpha value is -0.990. The van der Waals surface area contributed by atoms with Crippen molar-refractivity contribution in [3.63, 3.8) is 0 Å². The van der Waals surface area contributed by atoms with Crippen molar-refractivity contribution in [2.45, 2.75) is 70.8 Å². The lowest BCUT2D eigenvalue weighted by Gasteiger charge is -2.35. The van der Waals surface area contributed by atoms with Crippen LogP contribution in [0.25, 0.3) is 0 Å². The summed E-state index contributed by atoms with van der Waals surface area (Å²) in [5.74, 6) is 0.812. The number of nitrogens with two attached hydrogens (primary N) is 1. The molecule has 0 unspecified atom stereocenters. The zero-order valence-electron chi connectivity index (χ0n) is 12.2. The Morgan fingerprint density at radius 1 is 1.32 bits per heavy atom. The summed E-state index contributed by atoms with van der Waals surface area (Å²) < 4.78 is 0. The van der Waals surface area contributed by atoms with E-state index in [1.54, 1.807) is 0 Å². The fourth-order valence-electron chi connectivity index (χ4n) is 3.42. The highest BCUT2D eigenvalue weighted by Crippen LogP contribution is 2.28. The van der Waals surface area contributed by atoms with Gasteiger partial charge in [-0.15, -0.1) is 0 Å². The number of primary amides is 1. The molecule has 3 heteroatoms. The van der Waals surface area contributed by atoms with Gasteiger partial charge in [-0.2, -0.15) is 0 Å². The summed E-state index contributed by atoms with van der Waals surface area (Å²) in [6.07, 6.45) is 13.2. The van der Waals surface area contributed by atoms with Crippen LogP contribution in [0, 0.1) is 5.92 Å². The molecule has 0 aromatic carbocycles. The molecule has 1 saturated carbocycles. The molecule has 0 aromatic rings. The zero-order valence-corrected chi connectivity index (χ0v) is 12.2. The summed E-state index contributed by atoms with van der Waals surface area (Å²) in [5.41, 5.74) is 7.11. The van der Waals surface area contributed by atoms with Crippen LogP contribution in [0.15, 0.2) is 11.6 Å². The highest BCUT2D eigenvalue weighted by atomic mass is 16.2. The molecule has 19 heavy (non-hydrogen) atoms. The van der Waals surface area contributed by atoms with Crippen molar-refractivity contribution in [3.05, 3.63) is 11.6 Å². The zero-order chi connectivity index (χ0) is 13.7. The molecule has 108 valence electrons. The summed E-state index contributed by atoms with van der Waals surface area (Å²) in [6.45, 7) is 3.12. The third-order valence-electron chi connectivity index (χ3n) is 4.77. The predicted molar refractivity (Wildman–Crippen MR) is 78.9 cm³/mol. The van der Waals surface area contributed by atoms with E-state index < -0.39 is 0 Å². The molecule has 0 atom stereocenters. The summed E-state index contributed by atoms with van der Waals surface area (Å²) in [5, 5.41) is 0. The average molecular weight is 264 g/mol. The molecule has 3 nitrogen and oxygen atoms in total. The van der Waals surface area contributed by atoms with Crippen molar-refractivity contribution in [3.8, 4) is 0 Å². The van der Waals surface area contributed by atoms with Gasteiger partial charge in [0.2, 0.25) is 0 Å². The molecule has 0 heterocycles. The van der Waals surface area contributed by atoms with Crippen LogP contribution < -0.4 is 5.73 Å². The summed E-state index contributed by atoms with van der Waals surface area (Å²) in [4.78, 5) is 13.6. The van der Waals surface area contributed by atoms with Crippen molar-refractivity contribution < 1.29 is 4.79 Å². The summed E-state index contributed by atoms with van der Waals surface area (Å²) in [6, 6.07) is 0.161. The van der Waals surface area contributed by atoms with Crippen molar-refractivity contribution in [2.75, 3.05) is 6.54 Å². The number of hydrogen-bond donors (Lipinski definition) is 1. The molecule has 0 radical (unpaired) electrons. The monoisotopic (exact) mass is 264 g/mol. The molecule has 2 rings (SSSR count). The minimum absolute atomic E-state index is 0.226. The second kappa shape index (κ2) is 6.97. The number of hydrogen-bond acceptors (Lipinski definition) is 1. The number of carbonyl (C=O) groups is 1. The molecule has 0 aromatic heterocycles. The van der Waals surface area contributed by atoms with Crippen molar-refractivity contribution in [1.29, 1.82) is 0 Å². The van der Waals surface area contributed by atoms with Crippen molar-refractivity contribution in [1.82, 2.24) is 4.90 Å². The number of urea groups is 1. The maximum atomic E-state index is 11.7. The molecular weight excluding hydrogens is 236 g/mol. The lowest BCUT2D eigenvalue weighted by atomic mass is 9.86. The normalized spacial score (nSPS) is 27.7. The molecule has 2 N–H and O–H groups in total. The molecule has 0 spiro atoms. The molecule has 0 aliphatic heterocycles. The van der Waals surface area contributed by atoms with E-state index in [4.69, 9.17) is 5.73 Å². The fourth-order valence-corrected chi connectivity index (χ4v) is 3.42. The Morgan fingerprint density at radius 2 is 2.05 bits per heavy atom. The minimum atomic E-state index is -0.226. The average Bonchev–Trinajstić information content (AvgIpc) is 2.42. The molecule has 0 saturated heterocycles. The molecular formula is C16H28N2O. The van der Waals surface area contributed by atoms with E-state index in [1.165, 1.54) is 44.1 Å². The fraction of sp³-hybridized carbons (Fsp3) is 0.812. The van der Waals surface area contributed by atoms with Crippen LogP contribution in [0.5, 0.6) is 0 Å². The number of allylic oxidation sites excluding steroid dienone is 1. The van der Waals surface area contributed by atoms with Gasteiger partial charge in [0.25, 0.3) is 0 Å². The second-order valence-electron chi connectivity index (χ2n) is 6.30. The first-order valence-electron chi connectivity index (χ1n) is 7.91. The predicted octanol–water partition coefficient (Wildman–Crippen LogP) is 3.84. The van der Waals surface area contributed by atoms with Crippen LogP contribution in [0.1, 0.15) is 64.7 Å². The SMILES string of the molecule is CC1CCC(N(CCC2=CCCCC2)C(N)=O)CC1. The van der Waals surface area contributed by atoms with Gasteiger partial charge < -0.3 is 10.6 Å². The topological polar surface area (TPSA) is 46.3 Å². The van der Waals surface area contributed by atoms with Crippen LogP contribution in [0.4, 0.5) is 4.79 Å². The molecule has 1 fully saturated rings. The lowest BCUT2D eigenvalue weighted by molar-refractivity contribution is 0.153. The highest BCUT2D eigenvalue weighted by Gasteiger charge is 2.26. The molecule has 2 aliphatic carbocycles. The van der Waals surface area contributed by atoms with E-state index in [-0.39, 0.29) is 6.03 Å². The first-order chi connectivity index (χ1) is 9.16. The Balaban J connectivity index is 1.85. The van der Waals surface area contributed by atoms with Gasteiger partial charge in [-0.25, -0.2) is 4.79 Å². The Morgan fingerprint density at radius 3 is 2.63 bits per heavy atom. The second-order valence-corrected chi connectivity index (χ2v) is 6.30. The quantitative estimate of drug-likeness (QED) is 0.770. The Bertz CT molecular complexity index is 330. The van der Waals surface area contributed by atoms with Crippen LogP contribution in [-0.4, -0.2) is 23.5 Å². The van der Waals surface area contributed by atoms with Gasteiger partial charge in [0, 0.05) is 12.6 Å². The summed E-state index contributed by atoms with van der Waals surface area (Å²) >= 11 is 0. The molecule has 2 amide bonds. The van der Waals surface area contributed by atoms with E-state index in [2.05, 4.69) is 13.0 Å². The third-order valence-corrected chi connectivity index (χ3v) is 4.77. The van der Waals surface area contributed by atoms with E-state index in [0.29, 0.717) is 6.04 Å². The van der Waals surface area contributed by atoms with Gasteiger partial charge in [-0.05, 0) is 63.7 Å². The van der Waals surface area contributed by atoms with Crippen LogP contribution in [0.3, 0.4) is 0 Å². The maximum Gasteiger partial charge on any atom is 0.315 e. The first kappa shape index (κ1) is 14.4. The number of carbonyl (C=O) groups excluding carboxylic acids is 1. The summed E-state index contributed by atoms with van der Waals surface area (Å²) in [7, 11) is 0. The smallest absolute Gasteiger partial charge is 0.315 e. The van der Waals surface area contributed by atoms with Gasteiger partial charge in [0.15, 0.2) is 0 Å². The van der Waals surface area contributed by atoms with Gasteiger partial charge in [-0.3, -0.25) is 0 Å². The first-order valence-corrected chi connectivity index (χ1v) is 7.91. The standard InChI is InChI=1S/C16H28N2O/c1-13-7-9-15(10-8-13)18(16(17)19)12-11-14-5-3-2-4-6-14/h5,13,15H,2-4,6-12H2,1H3,(H2,17,19). The minimum Gasteiger partial charge on any atom is -0.351 e. The Labute approximate surface area is 117 Å². The van der Waals surface area contributed by atoms with Gasteiger partial charge in [-0.1, -0.05) is 18.6 Å². The van der Waals surface area contributed by atoms with Gasteiger partial charge in [0.1, 0.15) is 0 Å². The van der Waals surface area contributed by atoms with Gasteiger partial charge in [0.05, 0.1) is 0 Å². The third kappa shape index (κ3) is 4.26. The van der Waals surface area contributed by atoms with E-state index in [1.807, 2.05) is 4.90 Å². The highest BCUT2D eigenvalue weighted by molar-refractivity contribution is 5.72. The largest absolute Gasteiger partial charge is 0.351 e. The van der Waals surface area contributed by atoms with E-state index >= 15 is 0 Å². The van der Waals surface area contributed by atoms with Crippen LogP contribution in [-0.2, 0) is 0 Å². The maximum absolute atomic E-state index is 11.7. The van der Waals surface area contributed by atoms with Crippen LogP contribution >= 0.6 is 0 Å². The van der Waals surface area contributed by atoms with Gasteiger partial charge >= 0.3 is 6.03 Å². The number of rotatable bonds is 4. The van der Waals surface area contributed by atoms with Crippen molar-refractivity contribution in [2.24, 2.45) is 11.7 Å². The van der Waals surface area contributed by atoms with E-state index in [9.17, 15) is 4.79 Å².